The van der Waals surface area contributed by atoms with Gasteiger partial charge in [0.05, 0.1) is 17.9 Å². The number of likely N-dealkylation sites (tertiary alicyclic amines) is 1. The minimum absolute atomic E-state index is 0.421. The van der Waals surface area contributed by atoms with Gasteiger partial charge in [-0.15, -0.1) is 0 Å². The van der Waals surface area contributed by atoms with E-state index in [2.05, 4.69) is 16.9 Å². The quantitative estimate of drug-likeness (QED) is 0.752. The number of nitrogen functional groups attached to an aromatic ring is 2. The average Bonchev–Trinajstić information content (AvgIpc) is 2.60. The van der Waals surface area contributed by atoms with Crippen molar-refractivity contribution in [2.45, 2.75) is 25.8 Å². The van der Waals surface area contributed by atoms with Gasteiger partial charge >= 0.3 is 0 Å². The lowest BCUT2D eigenvalue weighted by Crippen LogP contribution is -2.34. The zero-order valence-electron chi connectivity index (χ0n) is 9.19. The van der Waals surface area contributed by atoms with Crippen LogP contribution in [-0.4, -0.2) is 34.3 Å². The minimum Gasteiger partial charge on any atom is -0.394 e. The van der Waals surface area contributed by atoms with E-state index in [9.17, 15) is 0 Å². The molecule has 1 aromatic rings. The van der Waals surface area contributed by atoms with Crippen LogP contribution in [0.15, 0.2) is 6.20 Å². The van der Waals surface area contributed by atoms with Crippen molar-refractivity contribution in [3.8, 4) is 0 Å². The number of hydrogen-bond donors (Lipinski definition) is 2. The molecular weight excluding hydrogens is 190 g/mol. The number of piperidine rings is 1. The summed E-state index contributed by atoms with van der Waals surface area (Å²) in [6, 6.07) is 0.421. The monoisotopic (exact) mass is 209 g/mol. The molecule has 0 bridgehead atoms. The second-order valence-corrected chi connectivity index (χ2v) is 4.10. The molecule has 0 radical (unpaired) electrons. The molecule has 2 rings (SSSR count). The fourth-order valence-corrected chi connectivity index (χ4v) is 2.16. The van der Waals surface area contributed by atoms with Crippen LogP contribution in [0.5, 0.6) is 0 Å². The number of nitrogens with two attached hydrogens (primary N) is 2. The van der Waals surface area contributed by atoms with Crippen LogP contribution >= 0.6 is 0 Å². The summed E-state index contributed by atoms with van der Waals surface area (Å²) in [4.78, 5) is 2.44. The number of hydrogen-bond acceptors (Lipinski definition) is 4. The van der Waals surface area contributed by atoms with Gasteiger partial charge in [-0.1, -0.05) is 6.92 Å². The Kier molecular flexibility index (Phi) is 2.81. The fourth-order valence-electron chi connectivity index (χ4n) is 2.16. The largest absolute Gasteiger partial charge is 0.394 e. The van der Waals surface area contributed by atoms with E-state index < -0.39 is 0 Å². The van der Waals surface area contributed by atoms with Crippen LogP contribution in [-0.2, 0) is 0 Å². The molecule has 15 heavy (non-hydrogen) atoms. The number of aromatic nitrogens is 2. The summed E-state index contributed by atoms with van der Waals surface area (Å²) in [7, 11) is 0. The highest BCUT2D eigenvalue weighted by molar-refractivity contribution is 5.57. The van der Waals surface area contributed by atoms with E-state index in [1.807, 2.05) is 4.68 Å². The molecule has 0 amide bonds. The molecule has 84 valence electrons. The highest BCUT2D eigenvalue weighted by atomic mass is 15.3. The molecule has 0 unspecified atom stereocenters. The van der Waals surface area contributed by atoms with Crippen LogP contribution in [0.1, 0.15) is 25.8 Å². The number of nitrogens with zero attached hydrogens (tertiary/aromatic N) is 3. The van der Waals surface area contributed by atoms with Crippen molar-refractivity contribution in [1.29, 1.82) is 0 Å². The smallest absolute Gasteiger partial charge is 0.145 e. The van der Waals surface area contributed by atoms with E-state index >= 15 is 0 Å². The van der Waals surface area contributed by atoms with Crippen molar-refractivity contribution in [2.24, 2.45) is 0 Å². The van der Waals surface area contributed by atoms with Gasteiger partial charge in [0.15, 0.2) is 0 Å². The number of rotatable bonds is 2. The maximum absolute atomic E-state index is 5.86. The molecule has 4 N–H and O–H groups in total. The van der Waals surface area contributed by atoms with E-state index in [1.54, 1.807) is 6.20 Å². The van der Waals surface area contributed by atoms with E-state index in [0.717, 1.165) is 32.5 Å². The Labute approximate surface area is 90.0 Å². The van der Waals surface area contributed by atoms with Crippen molar-refractivity contribution in [3.63, 3.8) is 0 Å². The van der Waals surface area contributed by atoms with Crippen molar-refractivity contribution < 1.29 is 0 Å². The summed E-state index contributed by atoms with van der Waals surface area (Å²) in [5.41, 5.74) is 12.1. The zero-order chi connectivity index (χ0) is 10.8. The molecule has 0 atom stereocenters. The lowest BCUT2D eigenvalue weighted by Gasteiger charge is -2.31. The van der Waals surface area contributed by atoms with Gasteiger partial charge < -0.3 is 16.4 Å². The highest BCUT2D eigenvalue weighted by Gasteiger charge is 2.21. The Morgan fingerprint density at radius 3 is 2.53 bits per heavy atom. The first kappa shape index (κ1) is 10.3. The fraction of sp³-hybridized carbons (Fsp3) is 0.700. The molecule has 5 heteroatoms. The lowest BCUT2D eigenvalue weighted by atomic mass is 10.1. The summed E-state index contributed by atoms with van der Waals surface area (Å²) in [6.07, 6.45) is 3.86. The van der Waals surface area contributed by atoms with Crippen molar-refractivity contribution >= 4 is 11.5 Å². The predicted octanol–water partition coefficient (Wildman–Crippen LogP) is 0.704. The molecule has 1 aliphatic rings. The van der Waals surface area contributed by atoms with Gasteiger partial charge in [0.1, 0.15) is 5.82 Å². The van der Waals surface area contributed by atoms with Gasteiger partial charge in [-0.25, -0.2) is 4.68 Å². The van der Waals surface area contributed by atoms with Crippen LogP contribution in [0.25, 0.3) is 0 Å². The Balaban J connectivity index is 2.04. The Hall–Kier alpha value is -1.23. The number of anilines is 2. The van der Waals surface area contributed by atoms with Gasteiger partial charge in [0.2, 0.25) is 0 Å². The molecule has 2 heterocycles. The first-order valence-corrected chi connectivity index (χ1v) is 5.53. The lowest BCUT2D eigenvalue weighted by molar-refractivity contribution is 0.189. The highest BCUT2D eigenvalue weighted by Crippen LogP contribution is 2.26. The molecule has 0 aliphatic carbocycles. The van der Waals surface area contributed by atoms with Gasteiger partial charge in [-0.05, 0) is 19.4 Å². The third-order valence-electron chi connectivity index (χ3n) is 3.21. The SMILES string of the molecule is CCN1CCC(n2ncc(N)c2N)CC1. The van der Waals surface area contributed by atoms with Gasteiger partial charge in [-0.2, -0.15) is 5.10 Å². The standard InChI is InChI=1S/C10H19N5/c1-2-14-5-3-8(4-6-14)15-10(12)9(11)7-13-15/h7-8H,2-6,11-12H2,1H3. The Morgan fingerprint density at radius 1 is 1.40 bits per heavy atom. The molecule has 0 aromatic carbocycles. The van der Waals surface area contributed by atoms with E-state index in [4.69, 9.17) is 11.5 Å². The predicted molar refractivity (Wildman–Crippen MR) is 61.4 cm³/mol. The van der Waals surface area contributed by atoms with Crippen LogP contribution in [0.3, 0.4) is 0 Å². The summed E-state index contributed by atoms with van der Waals surface area (Å²) >= 11 is 0. The molecule has 1 aliphatic heterocycles. The van der Waals surface area contributed by atoms with Crippen molar-refractivity contribution in [1.82, 2.24) is 14.7 Å². The van der Waals surface area contributed by atoms with Gasteiger partial charge in [-0.3, -0.25) is 0 Å². The topological polar surface area (TPSA) is 73.1 Å². The van der Waals surface area contributed by atoms with Crippen LogP contribution in [0.4, 0.5) is 11.5 Å². The molecular formula is C10H19N5. The van der Waals surface area contributed by atoms with E-state index in [1.165, 1.54) is 0 Å². The summed E-state index contributed by atoms with van der Waals surface area (Å²) < 4.78 is 1.88. The first-order valence-electron chi connectivity index (χ1n) is 5.53. The Morgan fingerprint density at radius 2 is 2.07 bits per heavy atom. The average molecular weight is 209 g/mol. The third kappa shape index (κ3) is 1.92. The molecule has 0 spiro atoms. The second-order valence-electron chi connectivity index (χ2n) is 4.10. The van der Waals surface area contributed by atoms with Crippen LogP contribution in [0, 0.1) is 0 Å². The molecule has 1 fully saturated rings. The second kappa shape index (κ2) is 4.10. The molecule has 5 nitrogen and oxygen atoms in total. The zero-order valence-corrected chi connectivity index (χ0v) is 9.19. The summed E-state index contributed by atoms with van der Waals surface area (Å²) in [6.45, 7) is 5.57. The maximum Gasteiger partial charge on any atom is 0.145 e. The molecule has 1 aromatic heterocycles. The molecule has 1 saturated heterocycles. The van der Waals surface area contributed by atoms with Gasteiger partial charge in [0, 0.05) is 13.1 Å². The van der Waals surface area contributed by atoms with Crippen molar-refractivity contribution in [2.75, 3.05) is 31.1 Å². The summed E-state index contributed by atoms with van der Waals surface area (Å²) in [5, 5.41) is 4.24. The molecule has 0 saturated carbocycles. The normalized spacial score (nSPS) is 19.5. The van der Waals surface area contributed by atoms with Gasteiger partial charge in [0.25, 0.3) is 0 Å². The maximum atomic E-state index is 5.86. The Bertz CT molecular complexity index is 325. The van der Waals surface area contributed by atoms with E-state index in [0.29, 0.717) is 17.5 Å². The van der Waals surface area contributed by atoms with Crippen LogP contribution in [0.2, 0.25) is 0 Å². The van der Waals surface area contributed by atoms with Crippen molar-refractivity contribution in [3.05, 3.63) is 6.20 Å². The van der Waals surface area contributed by atoms with Crippen LogP contribution < -0.4 is 11.5 Å². The first-order chi connectivity index (χ1) is 7.22. The van der Waals surface area contributed by atoms with E-state index in [-0.39, 0.29) is 0 Å². The minimum atomic E-state index is 0.421. The summed E-state index contributed by atoms with van der Waals surface area (Å²) in [5.74, 6) is 0.616. The third-order valence-corrected chi connectivity index (χ3v) is 3.21.